The molecule has 0 aliphatic rings. The minimum atomic E-state index is -0.183. The van der Waals surface area contributed by atoms with Crippen LogP contribution >= 0.6 is 27.5 Å². The highest BCUT2D eigenvalue weighted by atomic mass is 79.9. The first-order chi connectivity index (χ1) is 10.1. The van der Waals surface area contributed by atoms with Crippen LogP contribution in [0.25, 0.3) is 0 Å². The molecule has 0 bridgehead atoms. The number of aryl methyl sites for hydroxylation is 1. The third-order valence-corrected chi connectivity index (χ3v) is 3.61. The summed E-state index contributed by atoms with van der Waals surface area (Å²) in [7, 11) is 0. The van der Waals surface area contributed by atoms with Gasteiger partial charge in [-0.15, -0.1) is 0 Å². The summed E-state index contributed by atoms with van der Waals surface area (Å²) in [6, 6.07) is 13.3. The lowest BCUT2D eigenvalue weighted by atomic mass is 10.2. The van der Waals surface area contributed by atoms with Crippen LogP contribution in [-0.2, 0) is 11.3 Å². The predicted molar refractivity (Wildman–Crippen MR) is 87.7 cm³/mol. The average Bonchev–Trinajstić information content (AvgIpc) is 2.45. The monoisotopic (exact) mass is 367 g/mol. The molecule has 0 aliphatic heterocycles. The Kier molecular flexibility index (Phi) is 5.65. The van der Waals surface area contributed by atoms with Crippen molar-refractivity contribution in [3.8, 4) is 5.75 Å². The SMILES string of the molecule is Cc1cc(Br)cc(Cl)c1OCC(=O)NCc1ccccc1. The fourth-order valence-electron chi connectivity index (χ4n) is 1.86. The van der Waals surface area contributed by atoms with E-state index in [4.69, 9.17) is 16.3 Å². The molecule has 0 unspecified atom stereocenters. The second kappa shape index (κ2) is 7.48. The van der Waals surface area contributed by atoms with E-state index < -0.39 is 0 Å². The van der Waals surface area contributed by atoms with E-state index in [0.717, 1.165) is 15.6 Å². The number of ether oxygens (including phenoxy) is 1. The maximum Gasteiger partial charge on any atom is 0.258 e. The Morgan fingerprint density at radius 1 is 1.29 bits per heavy atom. The molecule has 0 atom stereocenters. The van der Waals surface area contributed by atoms with Crippen LogP contribution in [0.3, 0.4) is 0 Å². The molecule has 2 aromatic rings. The summed E-state index contributed by atoms with van der Waals surface area (Å²) in [5.41, 5.74) is 1.92. The van der Waals surface area contributed by atoms with Gasteiger partial charge < -0.3 is 10.1 Å². The Morgan fingerprint density at radius 2 is 2.00 bits per heavy atom. The first-order valence-corrected chi connectivity index (χ1v) is 7.62. The van der Waals surface area contributed by atoms with Crippen molar-refractivity contribution < 1.29 is 9.53 Å². The largest absolute Gasteiger partial charge is 0.482 e. The van der Waals surface area contributed by atoms with Gasteiger partial charge in [-0.1, -0.05) is 57.9 Å². The van der Waals surface area contributed by atoms with Crippen LogP contribution in [0.5, 0.6) is 5.75 Å². The Morgan fingerprint density at radius 3 is 2.67 bits per heavy atom. The van der Waals surface area contributed by atoms with Gasteiger partial charge in [-0.25, -0.2) is 0 Å². The zero-order valence-electron chi connectivity index (χ0n) is 11.5. The van der Waals surface area contributed by atoms with Crippen LogP contribution in [0.1, 0.15) is 11.1 Å². The third-order valence-electron chi connectivity index (χ3n) is 2.87. The Labute approximate surface area is 137 Å². The Balaban J connectivity index is 1.87. The molecular formula is C16H15BrClNO2. The number of hydrogen-bond acceptors (Lipinski definition) is 2. The zero-order valence-corrected chi connectivity index (χ0v) is 13.9. The maximum absolute atomic E-state index is 11.8. The van der Waals surface area contributed by atoms with Crippen molar-refractivity contribution in [2.45, 2.75) is 13.5 Å². The van der Waals surface area contributed by atoms with Gasteiger partial charge in [-0.05, 0) is 30.2 Å². The second-order valence-electron chi connectivity index (χ2n) is 4.58. The molecule has 5 heteroatoms. The highest BCUT2D eigenvalue weighted by Gasteiger charge is 2.09. The normalized spacial score (nSPS) is 10.2. The van der Waals surface area contributed by atoms with Gasteiger partial charge in [0.15, 0.2) is 6.61 Å². The molecule has 0 aliphatic carbocycles. The van der Waals surface area contributed by atoms with Gasteiger partial charge in [0, 0.05) is 11.0 Å². The van der Waals surface area contributed by atoms with Crippen molar-refractivity contribution >= 4 is 33.4 Å². The highest BCUT2D eigenvalue weighted by Crippen LogP contribution is 2.31. The summed E-state index contributed by atoms with van der Waals surface area (Å²) in [4.78, 5) is 11.8. The lowest BCUT2D eigenvalue weighted by molar-refractivity contribution is -0.123. The van der Waals surface area contributed by atoms with Crippen LogP contribution in [-0.4, -0.2) is 12.5 Å². The molecule has 1 amide bonds. The number of carbonyl (C=O) groups excluding carboxylic acids is 1. The molecule has 0 fully saturated rings. The van der Waals surface area contributed by atoms with Crippen LogP contribution in [0.4, 0.5) is 0 Å². The Hall–Kier alpha value is -1.52. The van der Waals surface area contributed by atoms with Crippen LogP contribution < -0.4 is 10.1 Å². The number of nitrogens with one attached hydrogen (secondary N) is 1. The second-order valence-corrected chi connectivity index (χ2v) is 5.91. The fraction of sp³-hybridized carbons (Fsp3) is 0.188. The molecule has 2 aromatic carbocycles. The number of hydrogen-bond donors (Lipinski definition) is 1. The van der Waals surface area contributed by atoms with Crippen LogP contribution in [0, 0.1) is 6.92 Å². The van der Waals surface area contributed by atoms with E-state index in [9.17, 15) is 4.79 Å². The molecule has 0 aromatic heterocycles. The molecule has 110 valence electrons. The van der Waals surface area contributed by atoms with Gasteiger partial charge in [-0.2, -0.15) is 0 Å². The standard InChI is InChI=1S/C16H15BrClNO2/c1-11-7-13(17)8-14(18)16(11)21-10-15(20)19-9-12-5-3-2-4-6-12/h2-8H,9-10H2,1H3,(H,19,20). The van der Waals surface area contributed by atoms with E-state index in [2.05, 4.69) is 21.2 Å². The van der Waals surface area contributed by atoms with Gasteiger partial charge in [-0.3, -0.25) is 4.79 Å². The van der Waals surface area contributed by atoms with Crippen molar-refractivity contribution in [1.82, 2.24) is 5.32 Å². The lowest BCUT2D eigenvalue weighted by Gasteiger charge is -2.11. The smallest absolute Gasteiger partial charge is 0.258 e. The van der Waals surface area contributed by atoms with E-state index in [0.29, 0.717) is 17.3 Å². The summed E-state index contributed by atoms with van der Waals surface area (Å²) in [5.74, 6) is 0.354. The Bertz CT molecular complexity index is 608. The fourth-order valence-corrected chi connectivity index (χ4v) is 2.88. The summed E-state index contributed by atoms with van der Waals surface area (Å²) in [6.07, 6.45) is 0. The first-order valence-electron chi connectivity index (χ1n) is 6.45. The molecule has 0 saturated carbocycles. The van der Waals surface area contributed by atoms with Crippen molar-refractivity contribution in [2.24, 2.45) is 0 Å². The quantitative estimate of drug-likeness (QED) is 0.862. The van der Waals surface area contributed by atoms with Gasteiger partial charge in [0.2, 0.25) is 0 Å². The average molecular weight is 369 g/mol. The van der Waals surface area contributed by atoms with Crippen molar-refractivity contribution in [3.63, 3.8) is 0 Å². The lowest BCUT2D eigenvalue weighted by Crippen LogP contribution is -2.28. The first kappa shape index (κ1) is 15.9. The third kappa shape index (κ3) is 4.76. The molecule has 0 radical (unpaired) electrons. The van der Waals surface area contributed by atoms with Crippen LogP contribution in [0.15, 0.2) is 46.9 Å². The van der Waals surface area contributed by atoms with Gasteiger partial charge in [0.25, 0.3) is 5.91 Å². The van der Waals surface area contributed by atoms with Crippen molar-refractivity contribution in [3.05, 3.63) is 63.1 Å². The molecule has 0 spiro atoms. The molecule has 1 N–H and O–H groups in total. The molecule has 0 heterocycles. The van der Waals surface area contributed by atoms with E-state index in [1.54, 1.807) is 6.07 Å². The molecular weight excluding hydrogens is 354 g/mol. The topological polar surface area (TPSA) is 38.3 Å². The minimum Gasteiger partial charge on any atom is -0.482 e. The van der Waals surface area contributed by atoms with Crippen molar-refractivity contribution in [1.29, 1.82) is 0 Å². The molecule has 21 heavy (non-hydrogen) atoms. The molecule has 2 rings (SSSR count). The van der Waals surface area contributed by atoms with Gasteiger partial charge in [0.1, 0.15) is 5.75 Å². The number of benzene rings is 2. The van der Waals surface area contributed by atoms with Gasteiger partial charge in [0.05, 0.1) is 5.02 Å². The van der Waals surface area contributed by atoms with E-state index in [1.807, 2.05) is 43.3 Å². The summed E-state index contributed by atoms with van der Waals surface area (Å²) >= 11 is 9.46. The van der Waals surface area contributed by atoms with Crippen molar-refractivity contribution in [2.75, 3.05) is 6.61 Å². The minimum absolute atomic E-state index is 0.0605. The summed E-state index contributed by atoms with van der Waals surface area (Å²) in [6.45, 7) is 2.30. The number of rotatable bonds is 5. The molecule has 3 nitrogen and oxygen atoms in total. The van der Waals surface area contributed by atoms with E-state index in [1.165, 1.54) is 0 Å². The predicted octanol–water partition coefficient (Wildman–Crippen LogP) is 4.11. The zero-order chi connectivity index (χ0) is 15.2. The van der Waals surface area contributed by atoms with E-state index in [-0.39, 0.29) is 12.5 Å². The number of amides is 1. The van der Waals surface area contributed by atoms with Gasteiger partial charge >= 0.3 is 0 Å². The van der Waals surface area contributed by atoms with Crippen LogP contribution in [0.2, 0.25) is 5.02 Å². The summed E-state index contributed by atoms with van der Waals surface area (Å²) < 4.78 is 6.39. The van der Waals surface area contributed by atoms with E-state index >= 15 is 0 Å². The number of carbonyl (C=O) groups is 1. The maximum atomic E-state index is 11.8. The highest BCUT2D eigenvalue weighted by molar-refractivity contribution is 9.10. The molecule has 0 saturated heterocycles. The summed E-state index contributed by atoms with van der Waals surface area (Å²) in [5, 5.41) is 3.29. The number of halogens is 2.